The maximum Gasteiger partial charge on any atom is 0.229 e. The molecule has 34 heavy (non-hydrogen) atoms. The molecule has 0 aliphatic rings. The third kappa shape index (κ3) is 5.95. The number of nitrogens with zero attached hydrogens (tertiary/aromatic N) is 2. The minimum absolute atomic E-state index is 0.0869. The smallest absolute Gasteiger partial charge is 0.229 e. The van der Waals surface area contributed by atoms with Crippen molar-refractivity contribution >= 4 is 38.9 Å². The summed E-state index contributed by atoms with van der Waals surface area (Å²) in [5.41, 5.74) is 1.79. The van der Waals surface area contributed by atoms with E-state index in [1.165, 1.54) is 14.2 Å². The molecule has 0 aliphatic carbocycles. The summed E-state index contributed by atoms with van der Waals surface area (Å²) < 4.78 is 56.9. The van der Waals surface area contributed by atoms with Gasteiger partial charge in [-0.1, -0.05) is 12.1 Å². The largest absolute Gasteiger partial charge is 0.493 e. The summed E-state index contributed by atoms with van der Waals surface area (Å²) in [4.78, 5) is 8.19. The maximum absolute atomic E-state index is 14.5. The molecule has 0 amide bonds. The topological polar surface area (TPSA) is 124 Å². The number of benzene rings is 2. The fourth-order valence-corrected chi connectivity index (χ4v) is 3.77. The molecular formula is C22H26FN5O5S. The van der Waals surface area contributed by atoms with Crippen LogP contribution >= 0.6 is 0 Å². The highest BCUT2D eigenvalue weighted by Crippen LogP contribution is 2.40. The number of anilines is 5. The molecule has 0 bridgehead atoms. The van der Waals surface area contributed by atoms with Crippen molar-refractivity contribution in [3.05, 3.63) is 47.9 Å². The highest BCUT2D eigenvalue weighted by atomic mass is 32.2. The van der Waals surface area contributed by atoms with Gasteiger partial charge < -0.3 is 24.8 Å². The van der Waals surface area contributed by atoms with Crippen LogP contribution in [0.2, 0.25) is 0 Å². The van der Waals surface area contributed by atoms with Crippen LogP contribution in [0.5, 0.6) is 17.2 Å². The number of aryl methyl sites for hydroxylation is 1. The van der Waals surface area contributed by atoms with Crippen molar-refractivity contribution in [1.29, 1.82) is 0 Å². The predicted molar refractivity (Wildman–Crippen MR) is 129 cm³/mol. The predicted octanol–water partition coefficient (Wildman–Crippen LogP) is 4.20. The fourth-order valence-electron chi connectivity index (χ4n) is 3.13. The van der Waals surface area contributed by atoms with Crippen LogP contribution in [0.3, 0.4) is 0 Å². The van der Waals surface area contributed by atoms with Gasteiger partial charge in [-0.05, 0) is 25.5 Å². The molecule has 12 heteroatoms. The highest BCUT2D eigenvalue weighted by Gasteiger charge is 2.16. The molecule has 0 saturated heterocycles. The second kappa shape index (κ2) is 10.4. The molecule has 0 aliphatic heterocycles. The summed E-state index contributed by atoms with van der Waals surface area (Å²) in [5.74, 6) is 0.521. The van der Waals surface area contributed by atoms with Crippen molar-refractivity contribution in [2.45, 2.75) is 13.8 Å². The molecule has 0 fully saturated rings. The van der Waals surface area contributed by atoms with Gasteiger partial charge in [0.25, 0.3) is 0 Å². The van der Waals surface area contributed by atoms with Crippen LogP contribution in [0.15, 0.2) is 36.5 Å². The number of aromatic nitrogens is 2. The normalized spacial score (nSPS) is 11.0. The van der Waals surface area contributed by atoms with Gasteiger partial charge in [0.15, 0.2) is 23.1 Å². The summed E-state index contributed by atoms with van der Waals surface area (Å²) in [6, 6.07) is 8.39. The van der Waals surface area contributed by atoms with Crippen molar-refractivity contribution in [3.63, 3.8) is 0 Å². The van der Waals surface area contributed by atoms with E-state index in [0.29, 0.717) is 46.5 Å². The van der Waals surface area contributed by atoms with Crippen molar-refractivity contribution in [3.8, 4) is 17.2 Å². The molecule has 1 aromatic heterocycles. The van der Waals surface area contributed by atoms with Gasteiger partial charge in [-0.25, -0.2) is 17.8 Å². The summed E-state index contributed by atoms with van der Waals surface area (Å²) in [5, 5.41) is 5.83. The lowest BCUT2D eigenvalue weighted by Gasteiger charge is -2.17. The van der Waals surface area contributed by atoms with Crippen molar-refractivity contribution in [2.24, 2.45) is 0 Å². The van der Waals surface area contributed by atoms with Gasteiger partial charge in [0.05, 0.1) is 44.7 Å². The first-order valence-corrected chi connectivity index (χ1v) is 12.1. The quantitative estimate of drug-likeness (QED) is 0.383. The molecule has 3 aromatic rings. The van der Waals surface area contributed by atoms with Gasteiger partial charge in [0, 0.05) is 17.8 Å². The van der Waals surface area contributed by atoms with Crippen LogP contribution in [-0.2, 0) is 10.0 Å². The van der Waals surface area contributed by atoms with Crippen LogP contribution in [0.4, 0.5) is 33.2 Å². The van der Waals surface area contributed by atoms with E-state index in [1.54, 1.807) is 37.3 Å². The molecule has 3 rings (SSSR count). The Hall–Kier alpha value is -3.80. The second-order valence-electron chi connectivity index (χ2n) is 7.15. The molecule has 0 saturated carbocycles. The average molecular weight is 492 g/mol. The Morgan fingerprint density at radius 3 is 2.47 bits per heavy atom. The monoisotopic (exact) mass is 491 g/mol. The molecule has 0 spiro atoms. The fraction of sp³-hybridized carbons (Fsp3) is 0.273. The lowest BCUT2D eigenvalue weighted by atomic mass is 10.2. The Balaban J connectivity index is 1.95. The van der Waals surface area contributed by atoms with Crippen LogP contribution in [0, 0.1) is 12.7 Å². The van der Waals surface area contributed by atoms with Crippen LogP contribution < -0.4 is 29.6 Å². The molecular weight excluding hydrogens is 465 g/mol. The summed E-state index contributed by atoms with van der Waals surface area (Å²) in [7, 11) is -0.553. The van der Waals surface area contributed by atoms with Gasteiger partial charge in [0.1, 0.15) is 0 Å². The van der Waals surface area contributed by atoms with E-state index in [4.69, 9.17) is 14.2 Å². The second-order valence-corrected chi connectivity index (χ2v) is 8.90. The van der Waals surface area contributed by atoms with E-state index >= 15 is 0 Å². The number of para-hydroxylation sites is 1. The van der Waals surface area contributed by atoms with Gasteiger partial charge in [-0.3, -0.25) is 4.72 Å². The Labute approximate surface area is 197 Å². The van der Waals surface area contributed by atoms with Crippen molar-refractivity contribution in [1.82, 2.24) is 9.97 Å². The van der Waals surface area contributed by atoms with Gasteiger partial charge >= 0.3 is 0 Å². The third-order valence-corrected chi connectivity index (χ3v) is 5.13. The van der Waals surface area contributed by atoms with Gasteiger partial charge in [-0.2, -0.15) is 4.98 Å². The van der Waals surface area contributed by atoms with E-state index in [-0.39, 0.29) is 11.8 Å². The van der Waals surface area contributed by atoms with E-state index < -0.39 is 15.8 Å². The molecule has 1 heterocycles. The van der Waals surface area contributed by atoms with Crippen molar-refractivity contribution in [2.75, 3.05) is 42.4 Å². The average Bonchev–Trinajstić information content (AvgIpc) is 2.77. The lowest BCUT2D eigenvalue weighted by Crippen LogP contribution is -2.13. The number of sulfonamides is 1. The Morgan fingerprint density at radius 2 is 1.82 bits per heavy atom. The first kappa shape index (κ1) is 24.8. The maximum atomic E-state index is 14.5. The number of hydrogen-bond acceptors (Lipinski definition) is 9. The molecule has 3 N–H and O–H groups in total. The van der Waals surface area contributed by atoms with Crippen LogP contribution in [0.1, 0.15) is 12.5 Å². The lowest BCUT2D eigenvalue weighted by molar-refractivity contribution is 0.297. The first-order chi connectivity index (χ1) is 16.1. The minimum atomic E-state index is -3.56. The number of nitrogens with one attached hydrogen (secondary N) is 3. The zero-order chi connectivity index (χ0) is 24.9. The summed E-state index contributed by atoms with van der Waals surface area (Å²) in [6.45, 7) is 3.98. The summed E-state index contributed by atoms with van der Waals surface area (Å²) >= 11 is 0. The number of halogens is 1. The third-order valence-electron chi connectivity index (χ3n) is 4.56. The zero-order valence-corrected chi connectivity index (χ0v) is 20.2. The molecule has 0 radical (unpaired) electrons. The SMILES string of the molecule is CCOc1cc(Nc2ncc(F)c(Nc3cccc(C)c3NS(C)(=O)=O)n2)cc(OC)c1OC. The number of rotatable bonds is 10. The Kier molecular flexibility index (Phi) is 7.61. The van der Waals surface area contributed by atoms with E-state index in [9.17, 15) is 12.8 Å². The zero-order valence-electron chi connectivity index (χ0n) is 19.4. The van der Waals surface area contributed by atoms with Crippen molar-refractivity contribution < 1.29 is 27.0 Å². The number of methoxy groups -OCH3 is 2. The van der Waals surface area contributed by atoms with E-state index in [0.717, 1.165) is 12.5 Å². The Morgan fingerprint density at radius 1 is 1.09 bits per heavy atom. The molecule has 10 nitrogen and oxygen atoms in total. The number of hydrogen-bond donors (Lipinski definition) is 3. The summed E-state index contributed by atoms with van der Waals surface area (Å²) in [6.07, 6.45) is 2.04. The number of ether oxygens (including phenoxy) is 3. The van der Waals surface area contributed by atoms with E-state index in [2.05, 4.69) is 25.3 Å². The molecule has 0 atom stereocenters. The first-order valence-electron chi connectivity index (χ1n) is 10.2. The molecule has 0 unspecified atom stereocenters. The highest BCUT2D eigenvalue weighted by molar-refractivity contribution is 7.92. The van der Waals surface area contributed by atoms with Gasteiger partial charge in [-0.15, -0.1) is 0 Å². The van der Waals surface area contributed by atoms with Crippen LogP contribution in [0.25, 0.3) is 0 Å². The van der Waals surface area contributed by atoms with Crippen LogP contribution in [-0.4, -0.2) is 45.5 Å². The Bertz CT molecular complexity index is 1290. The minimum Gasteiger partial charge on any atom is -0.493 e. The molecule has 2 aromatic carbocycles. The molecule has 182 valence electrons. The standard InChI is InChI=1S/C22H26FN5O5S/c1-6-33-18-11-14(10-17(31-3)20(18)32-4)25-22-24-12-15(23)21(27-22)26-16-9-7-8-13(2)19(16)28-34(5,29)30/h7-12,28H,6H2,1-5H3,(H2,24,25,26,27). The van der Waals surface area contributed by atoms with E-state index in [1.807, 2.05) is 6.92 Å². The van der Waals surface area contributed by atoms with Gasteiger partial charge in [0.2, 0.25) is 21.7 Å².